The van der Waals surface area contributed by atoms with Crippen LogP contribution >= 0.6 is 11.6 Å². The zero-order chi connectivity index (χ0) is 26.2. The second-order valence-corrected chi connectivity index (χ2v) is 12.8. The third-order valence-corrected chi connectivity index (χ3v) is 10.1. The lowest BCUT2D eigenvalue weighted by Crippen LogP contribution is -2.52. The highest BCUT2D eigenvalue weighted by Crippen LogP contribution is 2.28. The maximum Gasteiger partial charge on any atom is 0.263 e. The number of hydrogen-bond acceptors (Lipinski definition) is 6. The first-order valence-electron chi connectivity index (χ1n) is 13.3. The fourth-order valence-corrected chi connectivity index (χ4v) is 7.63. The minimum atomic E-state index is -3.92. The Morgan fingerprint density at radius 3 is 2.32 bits per heavy atom. The van der Waals surface area contributed by atoms with Crippen molar-refractivity contribution >= 4 is 33.2 Å². The van der Waals surface area contributed by atoms with Gasteiger partial charge < -0.3 is 9.80 Å². The maximum atomic E-state index is 13.7. The van der Waals surface area contributed by atoms with Crippen molar-refractivity contribution in [1.29, 1.82) is 0 Å². The molecule has 2 aliphatic heterocycles. The Kier molecular flexibility index (Phi) is 7.81. The lowest BCUT2D eigenvalue weighted by Gasteiger charge is -2.40. The molecule has 37 heavy (non-hydrogen) atoms. The molecule has 1 amide bonds. The molecule has 3 aliphatic rings. The number of benzene rings is 1. The van der Waals surface area contributed by atoms with Crippen LogP contribution in [0, 0.1) is 6.92 Å². The lowest BCUT2D eigenvalue weighted by atomic mass is 9.94. The van der Waals surface area contributed by atoms with Crippen LogP contribution < -0.4 is 4.90 Å². The summed E-state index contributed by atoms with van der Waals surface area (Å²) < 4.78 is 30.2. The number of piperazine rings is 2. The van der Waals surface area contributed by atoms with Gasteiger partial charge in [0.1, 0.15) is 0 Å². The summed E-state index contributed by atoms with van der Waals surface area (Å²) in [5, 5.41) is 4.78. The second-order valence-electron chi connectivity index (χ2n) is 10.5. The van der Waals surface area contributed by atoms with Gasteiger partial charge >= 0.3 is 0 Å². The van der Waals surface area contributed by atoms with Gasteiger partial charge in [0.2, 0.25) is 5.03 Å². The number of anilines is 1. The maximum absolute atomic E-state index is 13.7. The molecule has 2 aromatic rings. The van der Waals surface area contributed by atoms with Gasteiger partial charge in [-0.3, -0.25) is 14.4 Å². The Morgan fingerprint density at radius 1 is 0.973 bits per heavy atom. The average molecular weight is 549 g/mol. The van der Waals surface area contributed by atoms with Crippen LogP contribution in [0.25, 0.3) is 0 Å². The first-order chi connectivity index (χ1) is 17.7. The number of amides is 1. The zero-order valence-corrected chi connectivity index (χ0v) is 23.3. The van der Waals surface area contributed by atoms with E-state index in [4.69, 9.17) is 11.6 Å². The van der Waals surface area contributed by atoms with E-state index in [0.717, 1.165) is 24.3 Å². The molecule has 0 spiro atoms. The lowest BCUT2D eigenvalue weighted by molar-refractivity contribution is 0.0520. The van der Waals surface area contributed by atoms with Gasteiger partial charge in [0, 0.05) is 82.4 Å². The minimum Gasteiger partial charge on any atom is -0.369 e. The minimum absolute atomic E-state index is 0.137. The van der Waals surface area contributed by atoms with E-state index in [1.165, 1.54) is 41.1 Å². The number of rotatable bonds is 5. The van der Waals surface area contributed by atoms with Gasteiger partial charge in [-0.05, 0) is 37.5 Å². The van der Waals surface area contributed by atoms with E-state index >= 15 is 0 Å². The van der Waals surface area contributed by atoms with Crippen molar-refractivity contribution in [1.82, 2.24) is 23.9 Å². The monoisotopic (exact) mass is 548 g/mol. The molecule has 11 heteroatoms. The van der Waals surface area contributed by atoms with E-state index in [1.807, 2.05) is 25.1 Å². The molecule has 202 valence electrons. The van der Waals surface area contributed by atoms with Crippen molar-refractivity contribution in [2.24, 2.45) is 7.05 Å². The smallest absolute Gasteiger partial charge is 0.263 e. The third-order valence-electron chi connectivity index (χ3n) is 8.05. The fourth-order valence-electron chi connectivity index (χ4n) is 5.93. The number of nitrogens with zero attached hydrogens (tertiary/aromatic N) is 6. The Hall–Kier alpha value is -2.14. The van der Waals surface area contributed by atoms with Crippen LogP contribution in [0.15, 0.2) is 29.4 Å². The van der Waals surface area contributed by atoms with E-state index in [9.17, 15) is 13.2 Å². The number of halogens is 1. The predicted molar refractivity (Wildman–Crippen MR) is 145 cm³/mol. The largest absolute Gasteiger partial charge is 0.369 e. The van der Waals surface area contributed by atoms with Crippen molar-refractivity contribution in [2.45, 2.75) is 50.1 Å². The molecule has 0 N–H and O–H groups in total. The topological polar surface area (TPSA) is 82.0 Å². The molecule has 3 fully saturated rings. The van der Waals surface area contributed by atoms with Crippen molar-refractivity contribution in [2.75, 3.05) is 57.3 Å². The number of sulfonamides is 1. The summed E-state index contributed by atoms with van der Waals surface area (Å²) in [6.07, 6.45) is 7.92. The molecule has 1 aromatic heterocycles. The number of carbonyl (C=O) groups is 1. The highest BCUT2D eigenvalue weighted by atomic mass is 35.5. The number of aromatic nitrogens is 2. The summed E-state index contributed by atoms with van der Waals surface area (Å²) in [7, 11) is -2.25. The number of carbonyl (C=O) groups excluding carboxylic acids is 1. The standard InChI is InChI=1S/C26H37ClN6O3S/c1-20-8-9-21(27)18-24(20)31-14-16-33(17-15-31)37(35,36)25-23(19-29(2)28-25)26(34)32-12-10-30(11-13-32)22-6-4-3-5-7-22/h8-9,18-19,22H,3-7,10-17H2,1-2H3. The van der Waals surface area contributed by atoms with Gasteiger partial charge in [-0.2, -0.15) is 9.40 Å². The van der Waals surface area contributed by atoms with E-state index < -0.39 is 10.0 Å². The van der Waals surface area contributed by atoms with Crippen molar-refractivity contribution in [3.8, 4) is 0 Å². The zero-order valence-electron chi connectivity index (χ0n) is 21.8. The first kappa shape index (κ1) is 26.5. The quantitative estimate of drug-likeness (QED) is 0.571. The SMILES string of the molecule is Cc1ccc(Cl)cc1N1CCN(S(=O)(=O)c2nn(C)cc2C(=O)N2CCN(C3CCCCC3)CC2)CC1. The Morgan fingerprint density at radius 2 is 1.65 bits per heavy atom. The molecular formula is C26H37ClN6O3S. The molecular weight excluding hydrogens is 512 g/mol. The van der Waals surface area contributed by atoms with Crippen LogP contribution in [0.2, 0.25) is 5.02 Å². The molecule has 5 rings (SSSR count). The van der Waals surface area contributed by atoms with Crippen LogP contribution in [0.1, 0.15) is 48.0 Å². The molecule has 9 nitrogen and oxygen atoms in total. The van der Waals surface area contributed by atoms with Crippen LogP contribution in [-0.2, 0) is 17.1 Å². The summed E-state index contributed by atoms with van der Waals surface area (Å²) in [6, 6.07) is 6.37. The summed E-state index contributed by atoms with van der Waals surface area (Å²) in [4.78, 5) is 20.0. The van der Waals surface area contributed by atoms with Gasteiger partial charge in [-0.1, -0.05) is 36.9 Å². The van der Waals surface area contributed by atoms with E-state index in [-0.39, 0.29) is 16.5 Å². The summed E-state index contributed by atoms with van der Waals surface area (Å²) in [5.41, 5.74) is 2.29. The van der Waals surface area contributed by atoms with Crippen molar-refractivity contribution in [3.05, 3.63) is 40.5 Å². The summed E-state index contributed by atoms with van der Waals surface area (Å²) >= 11 is 6.20. The molecule has 0 atom stereocenters. The van der Waals surface area contributed by atoms with E-state index in [0.29, 0.717) is 50.3 Å². The van der Waals surface area contributed by atoms with E-state index in [2.05, 4.69) is 14.9 Å². The van der Waals surface area contributed by atoms with Crippen LogP contribution in [0.5, 0.6) is 0 Å². The second kappa shape index (κ2) is 10.9. The molecule has 1 aliphatic carbocycles. The van der Waals surface area contributed by atoms with Gasteiger partial charge in [0.05, 0.1) is 5.56 Å². The Bertz CT molecular complexity index is 1230. The van der Waals surface area contributed by atoms with Crippen LogP contribution in [0.4, 0.5) is 5.69 Å². The molecule has 1 saturated carbocycles. The van der Waals surface area contributed by atoms with Crippen LogP contribution in [-0.4, -0.2) is 96.6 Å². The Balaban J connectivity index is 1.26. The van der Waals surface area contributed by atoms with Gasteiger partial charge in [-0.15, -0.1) is 0 Å². The Labute approximate surface area is 225 Å². The number of hydrogen-bond donors (Lipinski definition) is 0. The summed E-state index contributed by atoms with van der Waals surface area (Å²) in [5.74, 6) is -0.247. The number of aryl methyl sites for hydroxylation is 2. The van der Waals surface area contributed by atoms with E-state index in [1.54, 1.807) is 18.1 Å². The van der Waals surface area contributed by atoms with Gasteiger partial charge in [0.25, 0.3) is 15.9 Å². The van der Waals surface area contributed by atoms with Crippen molar-refractivity contribution < 1.29 is 13.2 Å². The summed E-state index contributed by atoms with van der Waals surface area (Å²) in [6.45, 7) is 6.64. The highest BCUT2D eigenvalue weighted by Gasteiger charge is 2.37. The van der Waals surface area contributed by atoms with Crippen LogP contribution in [0.3, 0.4) is 0 Å². The third kappa shape index (κ3) is 5.53. The molecule has 1 aromatic carbocycles. The van der Waals surface area contributed by atoms with Crippen molar-refractivity contribution in [3.63, 3.8) is 0 Å². The highest BCUT2D eigenvalue weighted by molar-refractivity contribution is 7.89. The predicted octanol–water partition coefficient (Wildman–Crippen LogP) is 2.98. The molecule has 2 saturated heterocycles. The average Bonchev–Trinajstić information content (AvgIpc) is 3.33. The first-order valence-corrected chi connectivity index (χ1v) is 15.1. The molecule has 3 heterocycles. The molecule has 0 radical (unpaired) electrons. The van der Waals surface area contributed by atoms with Gasteiger partial charge in [-0.25, -0.2) is 8.42 Å². The molecule has 0 unspecified atom stereocenters. The normalized spacial score (nSPS) is 20.9. The molecule has 0 bridgehead atoms. The fraction of sp³-hybridized carbons (Fsp3) is 0.615. The van der Waals surface area contributed by atoms with Gasteiger partial charge in [0.15, 0.2) is 0 Å².